The van der Waals surface area contributed by atoms with Crippen LogP contribution >= 0.6 is 0 Å². The third-order valence-corrected chi connectivity index (χ3v) is 3.95. The Balaban J connectivity index is 2.51. The van der Waals surface area contributed by atoms with Gasteiger partial charge in [-0.05, 0) is 70.2 Å². The molecule has 1 rings (SSSR count). The fraction of sp³-hybridized carbons (Fsp3) is 0.611. The smallest absolute Gasteiger partial charge is 0.125 e. The molecule has 3 heteroatoms. The van der Waals surface area contributed by atoms with Gasteiger partial charge < -0.3 is 4.74 Å². The van der Waals surface area contributed by atoms with Gasteiger partial charge in [-0.3, -0.25) is 5.32 Å². The number of nitriles is 1. The van der Waals surface area contributed by atoms with Gasteiger partial charge in [0.15, 0.2) is 0 Å². The van der Waals surface area contributed by atoms with E-state index in [1.165, 1.54) is 16.7 Å². The molecule has 0 amide bonds. The summed E-state index contributed by atoms with van der Waals surface area (Å²) in [5, 5.41) is 12.6. The van der Waals surface area contributed by atoms with E-state index < -0.39 is 5.54 Å². The standard InChI is InChI=1S/C18H28N2O/c1-6-11-20-18(5,13-19)10-7-12-21-17-15(3)9-8-14(2)16(17)4/h8-9,20H,6-7,10-12H2,1-5H3. The average Bonchev–Trinajstić information content (AvgIpc) is 2.48. The predicted molar refractivity (Wildman–Crippen MR) is 87.7 cm³/mol. The Morgan fingerprint density at radius 2 is 1.90 bits per heavy atom. The molecule has 1 aromatic carbocycles. The summed E-state index contributed by atoms with van der Waals surface area (Å²) in [6.45, 7) is 11.9. The van der Waals surface area contributed by atoms with Crippen molar-refractivity contribution in [2.75, 3.05) is 13.2 Å². The zero-order valence-electron chi connectivity index (χ0n) is 14.0. The predicted octanol–water partition coefficient (Wildman–Crippen LogP) is 4.05. The molecule has 0 bridgehead atoms. The van der Waals surface area contributed by atoms with Crippen LogP contribution in [0.2, 0.25) is 0 Å². The molecule has 1 atom stereocenters. The van der Waals surface area contributed by atoms with Gasteiger partial charge in [0.1, 0.15) is 11.3 Å². The maximum Gasteiger partial charge on any atom is 0.125 e. The van der Waals surface area contributed by atoms with Crippen LogP contribution in [-0.4, -0.2) is 18.7 Å². The molecule has 0 aromatic heterocycles. The van der Waals surface area contributed by atoms with Crippen molar-refractivity contribution >= 4 is 0 Å². The number of rotatable bonds is 8. The van der Waals surface area contributed by atoms with Crippen LogP contribution < -0.4 is 10.1 Å². The highest BCUT2D eigenvalue weighted by Gasteiger charge is 2.21. The van der Waals surface area contributed by atoms with E-state index in [4.69, 9.17) is 4.74 Å². The number of ether oxygens (including phenoxy) is 1. The minimum Gasteiger partial charge on any atom is -0.493 e. The molecule has 0 spiro atoms. The highest BCUT2D eigenvalue weighted by atomic mass is 16.5. The molecule has 1 unspecified atom stereocenters. The summed E-state index contributed by atoms with van der Waals surface area (Å²) in [6, 6.07) is 6.60. The normalized spacial score (nSPS) is 13.5. The number of benzene rings is 1. The van der Waals surface area contributed by atoms with Crippen LogP contribution in [0.4, 0.5) is 0 Å². The van der Waals surface area contributed by atoms with Crippen molar-refractivity contribution < 1.29 is 4.74 Å². The van der Waals surface area contributed by atoms with Gasteiger partial charge in [-0.25, -0.2) is 0 Å². The van der Waals surface area contributed by atoms with E-state index in [9.17, 15) is 5.26 Å². The lowest BCUT2D eigenvalue weighted by Gasteiger charge is -2.23. The summed E-state index contributed by atoms with van der Waals surface area (Å²) in [5.74, 6) is 0.996. The van der Waals surface area contributed by atoms with E-state index in [2.05, 4.69) is 51.2 Å². The molecule has 3 nitrogen and oxygen atoms in total. The maximum absolute atomic E-state index is 9.30. The first-order valence-corrected chi connectivity index (χ1v) is 7.79. The van der Waals surface area contributed by atoms with Crippen molar-refractivity contribution in [2.45, 2.75) is 59.4 Å². The van der Waals surface area contributed by atoms with Crippen LogP contribution in [0.3, 0.4) is 0 Å². The molecule has 1 N–H and O–H groups in total. The van der Waals surface area contributed by atoms with Crippen molar-refractivity contribution in [1.82, 2.24) is 5.32 Å². The quantitative estimate of drug-likeness (QED) is 0.734. The molecule has 0 radical (unpaired) electrons. The van der Waals surface area contributed by atoms with Crippen molar-refractivity contribution in [2.24, 2.45) is 0 Å². The van der Waals surface area contributed by atoms with Crippen LogP contribution in [0, 0.1) is 32.1 Å². The van der Waals surface area contributed by atoms with Gasteiger partial charge in [0.25, 0.3) is 0 Å². The van der Waals surface area contributed by atoms with Gasteiger partial charge in [-0.2, -0.15) is 5.26 Å². The summed E-state index contributed by atoms with van der Waals surface area (Å²) < 4.78 is 5.96. The summed E-state index contributed by atoms with van der Waals surface area (Å²) in [7, 11) is 0. The van der Waals surface area contributed by atoms with E-state index >= 15 is 0 Å². The van der Waals surface area contributed by atoms with Crippen LogP contribution in [0.25, 0.3) is 0 Å². The fourth-order valence-electron chi connectivity index (χ4n) is 2.33. The molecular formula is C18H28N2O. The first-order valence-electron chi connectivity index (χ1n) is 7.79. The number of nitrogens with one attached hydrogen (secondary N) is 1. The Morgan fingerprint density at radius 1 is 1.24 bits per heavy atom. The van der Waals surface area contributed by atoms with Crippen molar-refractivity contribution in [3.63, 3.8) is 0 Å². The molecule has 0 heterocycles. The van der Waals surface area contributed by atoms with Gasteiger partial charge in [0.2, 0.25) is 0 Å². The lowest BCUT2D eigenvalue weighted by molar-refractivity contribution is 0.282. The molecule has 1 aromatic rings. The maximum atomic E-state index is 9.30. The third-order valence-electron chi connectivity index (χ3n) is 3.95. The second-order valence-electron chi connectivity index (χ2n) is 5.98. The van der Waals surface area contributed by atoms with Crippen LogP contribution in [0.1, 0.15) is 49.8 Å². The Labute approximate surface area is 129 Å². The van der Waals surface area contributed by atoms with E-state index in [1.807, 2.05) is 6.92 Å². The molecule has 0 aliphatic carbocycles. The van der Waals surface area contributed by atoms with Gasteiger partial charge in [-0.1, -0.05) is 19.1 Å². The monoisotopic (exact) mass is 288 g/mol. The van der Waals surface area contributed by atoms with Crippen molar-refractivity contribution in [3.05, 3.63) is 28.8 Å². The zero-order valence-corrected chi connectivity index (χ0v) is 14.0. The minimum atomic E-state index is -0.448. The van der Waals surface area contributed by atoms with Gasteiger partial charge in [0.05, 0.1) is 12.7 Å². The molecule has 116 valence electrons. The largest absolute Gasteiger partial charge is 0.493 e. The summed E-state index contributed by atoms with van der Waals surface area (Å²) in [6.07, 6.45) is 2.70. The minimum absolute atomic E-state index is 0.448. The lowest BCUT2D eigenvalue weighted by Crippen LogP contribution is -2.41. The highest BCUT2D eigenvalue weighted by molar-refractivity contribution is 5.44. The van der Waals surface area contributed by atoms with Gasteiger partial charge in [-0.15, -0.1) is 0 Å². The Morgan fingerprint density at radius 3 is 2.52 bits per heavy atom. The number of aryl methyl sites for hydroxylation is 2. The molecule has 0 aliphatic rings. The molecule has 0 saturated heterocycles. The summed E-state index contributed by atoms with van der Waals surface area (Å²) in [4.78, 5) is 0. The number of nitrogens with zero attached hydrogens (tertiary/aromatic N) is 1. The number of hydrogen-bond acceptors (Lipinski definition) is 3. The first-order chi connectivity index (χ1) is 9.93. The Bertz CT molecular complexity index is 505. The van der Waals surface area contributed by atoms with E-state index in [-0.39, 0.29) is 0 Å². The molecule has 21 heavy (non-hydrogen) atoms. The molecule has 0 fully saturated rings. The SMILES string of the molecule is CCCNC(C)(C#N)CCCOc1c(C)ccc(C)c1C. The van der Waals surface area contributed by atoms with Gasteiger partial charge in [0, 0.05) is 0 Å². The second-order valence-corrected chi connectivity index (χ2v) is 5.98. The molecule has 0 aliphatic heterocycles. The molecular weight excluding hydrogens is 260 g/mol. The van der Waals surface area contributed by atoms with Crippen LogP contribution in [-0.2, 0) is 0 Å². The van der Waals surface area contributed by atoms with E-state index in [1.54, 1.807) is 0 Å². The molecule has 0 saturated carbocycles. The fourth-order valence-corrected chi connectivity index (χ4v) is 2.33. The topological polar surface area (TPSA) is 45.0 Å². The zero-order chi connectivity index (χ0) is 15.9. The Hall–Kier alpha value is -1.53. The van der Waals surface area contributed by atoms with Crippen LogP contribution in [0.15, 0.2) is 12.1 Å². The van der Waals surface area contributed by atoms with Crippen molar-refractivity contribution in [1.29, 1.82) is 5.26 Å². The van der Waals surface area contributed by atoms with Crippen molar-refractivity contribution in [3.8, 4) is 11.8 Å². The van der Waals surface area contributed by atoms with E-state index in [0.717, 1.165) is 31.6 Å². The second kappa shape index (κ2) is 8.05. The Kier molecular flexibility index (Phi) is 6.71. The summed E-state index contributed by atoms with van der Waals surface area (Å²) >= 11 is 0. The summed E-state index contributed by atoms with van der Waals surface area (Å²) in [5.41, 5.74) is 3.19. The number of hydrogen-bond donors (Lipinski definition) is 1. The third kappa shape index (κ3) is 5.06. The highest BCUT2D eigenvalue weighted by Crippen LogP contribution is 2.26. The average molecular weight is 288 g/mol. The van der Waals surface area contributed by atoms with Gasteiger partial charge >= 0.3 is 0 Å². The van der Waals surface area contributed by atoms with E-state index in [0.29, 0.717) is 6.61 Å². The lowest BCUT2D eigenvalue weighted by atomic mass is 9.97. The van der Waals surface area contributed by atoms with Crippen LogP contribution in [0.5, 0.6) is 5.75 Å². The first kappa shape index (κ1) is 17.5.